The van der Waals surface area contributed by atoms with Gasteiger partial charge < -0.3 is 10.4 Å². The fraction of sp³-hybridized carbons (Fsp3) is 0.700. The van der Waals surface area contributed by atoms with Gasteiger partial charge in [0.25, 0.3) is 0 Å². The van der Waals surface area contributed by atoms with Crippen LogP contribution in [0, 0.1) is 5.92 Å². The molecule has 94 valence electrons. The van der Waals surface area contributed by atoms with Gasteiger partial charge in [0.15, 0.2) is 4.34 Å². The highest BCUT2D eigenvalue weighted by Gasteiger charge is 2.36. The van der Waals surface area contributed by atoms with Crippen molar-refractivity contribution in [2.75, 3.05) is 11.1 Å². The molecule has 7 heteroatoms. The Morgan fingerprint density at radius 2 is 2.47 bits per heavy atom. The van der Waals surface area contributed by atoms with Gasteiger partial charge >= 0.3 is 5.97 Å². The number of carboxylic acid groups (broad SMARTS) is 1. The van der Waals surface area contributed by atoms with Gasteiger partial charge in [-0.2, -0.15) is 0 Å². The second kappa shape index (κ2) is 5.68. The molecular weight excluding hydrogens is 258 g/mol. The van der Waals surface area contributed by atoms with Crippen molar-refractivity contribution in [2.24, 2.45) is 5.92 Å². The lowest BCUT2D eigenvalue weighted by Crippen LogP contribution is -2.03. The zero-order valence-electron chi connectivity index (χ0n) is 9.55. The summed E-state index contributed by atoms with van der Waals surface area (Å²) in [6.45, 7) is 2.20. The lowest BCUT2D eigenvalue weighted by molar-refractivity contribution is -0.133. The number of nitrogens with one attached hydrogen (secondary N) is 1. The summed E-state index contributed by atoms with van der Waals surface area (Å²) in [5.74, 6) is -0.0137. The average molecular weight is 273 g/mol. The molecule has 1 aliphatic rings. The third-order valence-electron chi connectivity index (χ3n) is 2.62. The highest BCUT2D eigenvalue weighted by atomic mass is 32.2. The van der Waals surface area contributed by atoms with Crippen LogP contribution >= 0.6 is 23.1 Å². The molecule has 0 aromatic carbocycles. The van der Waals surface area contributed by atoms with Gasteiger partial charge in [-0.05, 0) is 18.8 Å². The van der Waals surface area contributed by atoms with Crippen LogP contribution in [-0.4, -0.2) is 33.1 Å². The van der Waals surface area contributed by atoms with Gasteiger partial charge in [0.2, 0.25) is 5.13 Å². The van der Waals surface area contributed by atoms with E-state index in [4.69, 9.17) is 5.11 Å². The molecule has 17 heavy (non-hydrogen) atoms. The van der Waals surface area contributed by atoms with E-state index >= 15 is 0 Å². The van der Waals surface area contributed by atoms with Gasteiger partial charge in [-0.25, -0.2) is 0 Å². The van der Waals surface area contributed by atoms with E-state index in [0.717, 1.165) is 11.0 Å². The molecular formula is C10H15N3O2S2. The minimum Gasteiger partial charge on any atom is -0.481 e. The molecule has 1 aliphatic carbocycles. The molecule has 2 unspecified atom stereocenters. The summed E-state index contributed by atoms with van der Waals surface area (Å²) in [4.78, 5) is 10.4. The van der Waals surface area contributed by atoms with E-state index in [-0.39, 0.29) is 5.75 Å². The SMILES string of the molecule is CCCC1CC1Nc1nnc(SCC(=O)O)s1. The van der Waals surface area contributed by atoms with Crippen molar-refractivity contribution >= 4 is 34.2 Å². The Kier molecular flexibility index (Phi) is 4.22. The van der Waals surface area contributed by atoms with E-state index in [2.05, 4.69) is 22.4 Å². The standard InChI is InChI=1S/C10H15N3O2S2/c1-2-3-6-4-7(6)11-9-12-13-10(17-9)16-5-8(14)15/h6-7H,2-5H2,1H3,(H,11,12)(H,14,15). The topological polar surface area (TPSA) is 75.1 Å². The molecule has 0 spiro atoms. The van der Waals surface area contributed by atoms with Crippen molar-refractivity contribution in [3.05, 3.63) is 0 Å². The van der Waals surface area contributed by atoms with Crippen LogP contribution in [0.2, 0.25) is 0 Å². The molecule has 1 heterocycles. The van der Waals surface area contributed by atoms with Gasteiger partial charge in [-0.1, -0.05) is 36.4 Å². The van der Waals surface area contributed by atoms with Crippen LogP contribution in [0.5, 0.6) is 0 Å². The summed E-state index contributed by atoms with van der Waals surface area (Å²) in [5.41, 5.74) is 0. The van der Waals surface area contributed by atoms with Crippen LogP contribution in [0.25, 0.3) is 0 Å². The minimum absolute atomic E-state index is 0.0382. The third kappa shape index (κ3) is 3.85. The number of carbonyl (C=O) groups is 1. The summed E-state index contributed by atoms with van der Waals surface area (Å²) in [7, 11) is 0. The highest BCUT2D eigenvalue weighted by molar-refractivity contribution is 8.01. The lowest BCUT2D eigenvalue weighted by atomic mass is 10.2. The van der Waals surface area contributed by atoms with E-state index in [1.165, 1.54) is 42.4 Å². The van der Waals surface area contributed by atoms with E-state index < -0.39 is 5.97 Å². The number of hydrogen-bond donors (Lipinski definition) is 2. The first-order chi connectivity index (χ1) is 8.19. The van der Waals surface area contributed by atoms with Crippen LogP contribution in [-0.2, 0) is 4.79 Å². The molecule has 0 saturated heterocycles. The molecule has 0 bridgehead atoms. The molecule has 2 atom stereocenters. The Hall–Kier alpha value is -0.820. The molecule has 1 aromatic rings. The van der Waals surface area contributed by atoms with Crippen molar-refractivity contribution in [2.45, 2.75) is 36.6 Å². The van der Waals surface area contributed by atoms with Crippen molar-refractivity contribution in [3.8, 4) is 0 Å². The number of hydrogen-bond acceptors (Lipinski definition) is 6. The van der Waals surface area contributed by atoms with Crippen LogP contribution < -0.4 is 5.32 Å². The molecule has 1 saturated carbocycles. The highest BCUT2D eigenvalue weighted by Crippen LogP contribution is 2.38. The molecule has 0 aliphatic heterocycles. The van der Waals surface area contributed by atoms with Gasteiger partial charge in [0, 0.05) is 6.04 Å². The smallest absolute Gasteiger partial charge is 0.313 e. The Morgan fingerprint density at radius 3 is 3.18 bits per heavy atom. The monoisotopic (exact) mass is 273 g/mol. The zero-order valence-corrected chi connectivity index (χ0v) is 11.2. The summed E-state index contributed by atoms with van der Waals surface area (Å²) in [6.07, 6.45) is 3.70. The maximum absolute atomic E-state index is 10.4. The summed E-state index contributed by atoms with van der Waals surface area (Å²) in [6, 6.07) is 0.542. The molecule has 2 rings (SSSR count). The number of rotatable bonds is 7. The minimum atomic E-state index is -0.829. The van der Waals surface area contributed by atoms with E-state index in [1.807, 2.05) is 0 Å². The Balaban J connectivity index is 1.77. The predicted molar refractivity (Wildman–Crippen MR) is 68.7 cm³/mol. The first-order valence-electron chi connectivity index (χ1n) is 5.63. The summed E-state index contributed by atoms with van der Waals surface area (Å²) in [5, 5.41) is 20.7. The normalized spacial score (nSPS) is 22.4. The molecule has 0 amide bonds. The van der Waals surface area contributed by atoms with Crippen molar-refractivity contribution in [1.82, 2.24) is 10.2 Å². The van der Waals surface area contributed by atoms with Crippen LogP contribution in [0.1, 0.15) is 26.2 Å². The second-order valence-electron chi connectivity index (χ2n) is 4.09. The number of anilines is 1. The number of aromatic nitrogens is 2. The number of aliphatic carboxylic acids is 1. The fourth-order valence-corrected chi connectivity index (χ4v) is 3.26. The largest absolute Gasteiger partial charge is 0.481 e. The molecule has 1 aromatic heterocycles. The predicted octanol–water partition coefficient (Wildman–Crippen LogP) is 2.32. The Labute approximate surface area is 108 Å². The van der Waals surface area contributed by atoms with Crippen LogP contribution in [0.3, 0.4) is 0 Å². The summed E-state index contributed by atoms with van der Waals surface area (Å²) < 4.78 is 0.711. The van der Waals surface area contributed by atoms with Crippen molar-refractivity contribution < 1.29 is 9.90 Å². The van der Waals surface area contributed by atoms with Crippen LogP contribution in [0.4, 0.5) is 5.13 Å². The van der Waals surface area contributed by atoms with Gasteiger partial charge in [-0.15, -0.1) is 10.2 Å². The molecule has 2 N–H and O–H groups in total. The average Bonchev–Trinajstić information content (AvgIpc) is 2.84. The quantitative estimate of drug-likeness (QED) is 0.743. The molecule has 1 fully saturated rings. The van der Waals surface area contributed by atoms with E-state index in [1.54, 1.807) is 0 Å². The number of thioether (sulfide) groups is 1. The molecule has 0 radical (unpaired) electrons. The van der Waals surface area contributed by atoms with Crippen LogP contribution in [0.15, 0.2) is 4.34 Å². The maximum atomic E-state index is 10.4. The molecule has 5 nitrogen and oxygen atoms in total. The van der Waals surface area contributed by atoms with Crippen molar-refractivity contribution in [3.63, 3.8) is 0 Å². The van der Waals surface area contributed by atoms with E-state index in [0.29, 0.717) is 10.4 Å². The number of carboxylic acids is 1. The first-order valence-corrected chi connectivity index (χ1v) is 7.44. The third-order valence-corrected chi connectivity index (χ3v) is 4.59. The number of nitrogens with zero attached hydrogens (tertiary/aromatic N) is 2. The first kappa shape index (κ1) is 12.6. The van der Waals surface area contributed by atoms with Gasteiger partial charge in [-0.3, -0.25) is 4.79 Å². The maximum Gasteiger partial charge on any atom is 0.313 e. The van der Waals surface area contributed by atoms with E-state index in [9.17, 15) is 4.79 Å². The fourth-order valence-electron chi connectivity index (χ4n) is 1.72. The van der Waals surface area contributed by atoms with Gasteiger partial charge in [0.05, 0.1) is 5.75 Å². The Morgan fingerprint density at radius 1 is 1.65 bits per heavy atom. The zero-order chi connectivity index (χ0) is 12.3. The second-order valence-corrected chi connectivity index (χ2v) is 6.29. The van der Waals surface area contributed by atoms with Gasteiger partial charge in [0.1, 0.15) is 0 Å². The lowest BCUT2D eigenvalue weighted by Gasteiger charge is -1.98. The van der Waals surface area contributed by atoms with Crippen molar-refractivity contribution in [1.29, 1.82) is 0 Å². The summed E-state index contributed by atoms with van der Waals surface area (Å²) >= 11 is 2.64. The Bertz CT molecular complexity index is 397.